The molecule has 0 bridgehead atoms. The van der Waals surface area contributed by atoms with Crippen LogP contribution in [0.4, 0.5) is 5.69 Å². The topological polar surface area (TPSA) is 73.1 Å². The summed E-state index contributed by atoms with van der Waals surface area (Å²) in [7, 11) is 1.57. The SMILES string of the molecule is COc1cccc2cc(C(=O)NC[C@@H]3CCCO3)c(=Nc3cccc(Cl)c3C)oc12. The molecule has 30 heavy (non-hydrogen) atoms. The second-order valence-corrected chi connectivity index (χ2v) is 7.59. The van der Waals surface area contributed by atoms with Gasteiger partial charge in [-0.05, 0) is 49.6 Å². The number of fused-ring (bicyclic) bond motifs is 1. The van der Waals surface area contributed by atoms with Crippen LogP contribution in [0.1, 0.15) is 28.8 Å². The number of halogens is 1. The van der Waals surface area contributed by atoms with Gasteiger partial charge in [0, 0.05) is 23.6 Å². The monoisotopic (exact) mass is 426 g/mol. The maximum absolute atomic E-state index is 13.0. The number of nitrogens with zero attached hydrogens (tertiary/aromatic N) is 1. The van der Waals surface area contributed by atoms with E-state index in [0.717, 1.165) is 30.4 Å². The normalized spacial score (nSPS) is 16.8. The van der Waals surface area contributed by atoms with Crippen LogP contribution in [0.3, 0.4) is 0 Å². The summed E-state index contributed by atoms with van der Waals surface area (Å²) in [5, 5.41) is 4.29. The molecule has 1 atom stereocenters. The molecular weight excluding hydrogens is 404 g/mol. The van der Waals surface area contributed by atoms with Crippen molar-refractivity contribution in [3.63, 3.8) is 0 Å². The highest BCUT2D eigenvalue weighted by Gasteiger charge is 2.19. The summed E-state index contributed by atoms with van der Waals surface area (Å²) >= 11 is 6.24. The summed E-state index contributed by atoms with van der Waals surface area (Å²) in [6.07, 6.45) is 2.00. The van der Waals surface area contributed by atoms with Crippen LogP contribution in [0.25, 0.3) is 11.0 Å². The van der Waals surface area contributed by atoms with Gasteiger partial charge < -0.3 is 19.2 Å². The molecule has 1 aliphatic heterocycles. The Morgan fingerprint density at radius 2 is 2.13 bits per heavy atom. The first-order chi connectivity index (χ1) is 14.6. The van der Waals surface area contributed by atoms with Gasteiger partial charge in [0.1, 0.15) is 5.56 Å². The molecule has 0 spiro atoms. The minimum atomic E-state index is -0.266. The third kappa shape index (κ3) is 4.20. The van der Waals surface area contributed by atoms with E-state index in [9.17, 15) is 4.79 Å². The summed E-state index contributed by atoms with van der Waals surface area (Å²) in [5.74, 6) is 0.301. The predicted octanol–water partition coefficient (Wildman–Crippen LogP) is 4.54. The molecule has 7 heteroatoms. The molecule has 1 saturated heterocycles. The van der Waals surface area contributed by atoms with Crippen molar-refractivity contribution in [1.82, 2.24) is 5.32 Å². The van der Waals surface area contributed by atoms with Crippen molar-refractivity contribution in [1.29, 1.82) is 0 Å². The molecule has 1 fully saturated rings. The Bertz CT molecular complexity index is 1150. The van der Waals surface area contributed by atoms with E-state index in [1.807, 2.05) is 31.2 Å². The number of hydrogen-bond acceptors (Lipinski definition) is 5. The predicted molar refractivity (Wildman–Crippen MR) is 115 cm³/mol. The van der Waals surface area contributed by atoms with Gasteiger partial charge in [-0.1, -0.05) is 29.8 Å². The molecule has 1 N–H and O–H groups in total. The first-order valence-corrected chi connectivity index (χ1v) is 10.2. The lowest BCUT2D eigenvalue weighted by Gasteiger charge is -2.12. The molecule has 0 aliphatic carbocycles. The van der Waals surface area contributed by atoms with Crippen molar-refractivity contribution in [2.24, 2.45) is 4.99 Å². The van der Waals surface area contributed by atoms with E-state index >= 15 is 0 Å². The molecule has 1 aromatic heterocycles. The van der Waals surface area contributed by atoms with Crippen molar-refractivity contribution in [2.45, 2.75) is 25.9 Å². The molecule has 3 aromatic rings. The van der Waals surface area contributed by atoms with Crippen LogP contribution in [0.5, 0.6) is 5.75 Å². The highest BCUT2D eigenvalue weighted by molar-refractivity contribution is 6.31. The average Bonchev–Trinajstić information content (AvgIpc) is 3.28. The van der Waals surface area contributed by atoms with Crippen LogP contribution >= 0.6 is 11.6 Å². The third-order valence-electron chi connectivity index (χ3n) is 5.18. The molecule has 0 saturated carbocycles. The van der Waals surface area contributed by atoms with E-state index in [4.69, 9.17) is 25.5 Å². The van der Waals surface area contributed by atoms with Gasteiger partial charge in [-0.3, -0.25) is 4.79 Å². The molecule has 6 nitrogen and oxygen atoms in total. The van der Waals surface area contributed by atoms with Gasteiger partial charge in [0.15, 0.2) is 11.3 Å². The average molecular weight is 427 g/mol. The maximum Gasteiger partial charge on any atom is 0.256 e. The number of methoxy groups -OCH3 is 1. The van der Waals surface area contributed by atoms with Gasteiger partial charge >= 0.3 is 0 Å². The Balaban J connectivity index is 1.82. The number of ether oxygens (including phenoxy) is 2. The largest absolute Gasteiger partial charge is 0.493 e. The van der Waals surface area contributed by atoms with Crippen molar-refractivity contribution in [2.75, 3.05) is 20.3 Å². The van der Waals surface area contributed by atoms with E-state index in [-0.39, 0.29) is 17.6 Å². The number of nitrogens with one attached hydrogen (secondary N) is 1. The fraction of sp³-hybridized carbons (Fsp3) is 0.304. The van der Waals surface area contributed by atoms with Crippen LogP contribution in [0, 0.1) is 6.92 Å². The number of hydrogen-bond donors (Lipinski definition) is 1. The molecule has 2 aromatic carbocycles. The summed E-state index contributed by atoms with van der Waals surface area (Å²) in [4.78, 5) is 17.6. The van der Waals surface area contributed by atoms with Gasteiger partial charge in [-0.25, -0.2) is 4.99 Å². The smallest absolute Gasteiger partial charge is 0.256 e. The Labute approximate surface area is 179 Å². The quantitative estimate of drug-likeness (QED) is 0.649. The number of rotatable bonds is 5. The van der Waals surface area contributed by atoms with Gasteiger partial charge in [0.2, 0.25) is 5.55 Å². The van der Waals surface area contributed by atoms with E-state index in [1.165, 1.54) is 0 Å². The number of para-hydroxylation sites is 1. The van der Waals surface area contributed by atoms with Crippen LogP contribution in [-0.4, -0.2) is 32.3 Å². The van der Waals surface area contributed by atoms with Crippen molar-refractivity contribution in [3.05, 3.63) is 64.2 Å². The van der Waals surface area contributed by atoms with Gasteiger partial charge in [-0.2, -0.15) is 0 Å². The molecule has 1 aliphatic rings. The number of amides is 1. The Morgan fingerprint density at radius 3 is 2.90 bits per heavy atom. The summed E-state index contributed by atoms with van der Waals surface area (Å²) < 4.78 is 17.1. The Kier molecular flexibility index (Phi) is 6.06. The first-order valence-electron chi connectivity index (χ1n) is 9.87. The summed E-state index contributed by atoms with van der Waals surface area (Å²) in [6, 6.07) is 12.7. The molecule has 2 heterocycles. The van der Waals surface area contributed by atoms with E-state index < -0.39 is 0 Å². The van der Waals surface area contributed by atoms with E-state index in [1.54, 1.807) is 25.3 Å². The number of carbonyl (C=O) groups excluding carboxylic acids is 1. The molecule has 1 amide bonds. The molecule has 0 radical (unpaired) electrons. The lowest BCUT2D eigenvalue weighted by Crippen LogP contribution is -2.34. The van der Waals surface area contributed by atoms with Crippen molar-refractivity contribution in [3.8, 4) is 5.75 Å². The summed E-state index contributed by atoms with van der Waals surface area (Å²) in [6.45, 7) is 3.06. The lowest BCUT2D eigenvalue weighted by molar-refractivity contribution is 0.0854. The highest BCUT2D eigenvalue weighted by Crippen LogP contribution is 2.27. The van der Waals surface area contributed by atoms with Crippen LogP contribution in [0.2, 0.25) is 5.02 Å². The molecule has 4 rings (SSSR count). The second kappa shape index (κ2) is 8.90. The standard InChI is InChI=1S/C23H23ClN2O4/c1-14-18(24)8-4-9-19(14)26-23-17(22(27)25-13-16-7-5-11-29-16)12-15-6-3-10-20(28-2)21(15)30-23/h3-4,6,8-10,12,16H,5,7,11,13H2,1-2H3,(H,25,27)/t16-/m0/s1. The minimum Gasteiger partial charge on any atom is -0.493 e. The minimum absolute atomic E-state index is 0.0435. The van der Waals surface area contributed by atoms with Gasteiger partial charge in [0.05, 0.1) is 18.9 Å². The number of benzene rings is 2. The van der Waals surface area contributed by atoms with Crippen LogP contribution < -0.4 is 15.6 Å². The van der Waals surface area contributed by atoms with E-state index in [2.05, 4.69) is 10.3 Å². The van der Waals surface area contributed by atoms with Crippen molar-refractivity contribution >= 4 is 34.2 Å². The molecular formula is C23H23ClN2O4. The second-order valence-electron chi connectivity index (χ2n) is 7.18. The van der Waals surface area contributed by atoms with Crippen LogP contribution in [-0.2, 0) is 4.74 Å². The lowest BCUT2D eigenvalue weighted by atomic mass is 10.1. The third-order valence-corrected chi connectivity index (χ3v) is 5.59. The molecule has 0 unspecified atom stereocenters. The zero-order valence-electron chi connectivity index (χ0n) is 16.9. The number of carbonyl (C=O) groups is 1. The maximum atomic E-state index is 13.0. The first kappa shape index (κ1) is 20.4. The Hall–Kier alpha value is -2.83. The van der Waals surface area contributed by atoms with Gasteiger partial charge in [0.25, 0.3) is 5.91 Å². The molecule has 156 valence electrons. The van der Waals surface area contributed by atoms with Crippen molar-refractivity contribution < 1.29 is 18.7 Å². The zero-order chi connectivity index (χ0) is 21.1. The fourth-order valence-corrected chi connectivity index (χ4v) is 3.63. The highest BCUT2D eigenvalue weighted by atomic mass is 35.5. The van der Waals surface area contributed by atoms with Gasteiger partial charge in [-0.15, -0.1) is 0 Å². The summed E-state index contributed by atoms with van der Waals surface area (Å²) in [5.41, 5.74) is 2.50. The van der Waals surface area contributed by atoms with E-state index in [0.29, 0.717) is 34.2 Å². The zero-order valence-corrected chi connectivity index (χ0v) is 17.7. The fourth-order valence-electron chi connectivity index (χ4n) is 3.46. The van der Waals surface area contributed by atoms with Crippen LogP contribution in [0.15, 0.2) is 51.9 Å². The Morgan fingerprint density at radius 1 is 1.30 bits per heavy atom.